The molecule has 0 saturated carbocycles. The Morgan fingerprint density at radius 3 is 2.05 bits per heavy atom. The molecule has 0 bridgehead atoms. The number of hydrogen-bond acceptors (Lipinski definition) is 6. The third-order valence-electron chi connectivity index (χ3n) is 6.85. The number of methoxy groups -OCH3 is 2. The Morgan fingerprint density at radius 2 is 1.46 bits per heavy atom. The van der Waals surface area contributed by atoms with Gasteiger partial charge in [0.2, 0.25) is 0 Å². The summed E-state index contributed by atoms with van der Waals surface area (Å²) < 4.78 is 11.0. The molecule has 1 saturated heterocycles. The molecule has 0 unspecified atom stereocenters. The van der Waals surface area contributed by atoms with E-state index in [0.717, 1.165) is 54.6 Å². The number of ether oxygens (including phenoxy) is 2. The predicted octanol–water partition coefficient (Wildman–Crippen LogP) is 4.48. The average molecular weight is 514 g/mol. The highest BCUT2D eigenvalue weighted by molar-refractivity contribution is 7.80. The molecule has 37 heavy (non-hydrogen) atoms. The first-order valence-electron chi connectivity index (χ1n) is 12.4. The summed E-state index contributed by atoms with van der Waals surface area (Å²) in [6.45, 7) is 3.98. The number of benzene rings is 3. The molecule has 0 amide bonds. The van der Waals surface area contributed by atoms with Gasteiger partial charge in [0.05, 0.1) is 19.7 Å². The maximum absolute atomic E-state index is 5.83. The van der Waals surface area contributed by atoms with Crippen LogP contribution in [0.4, 0.5) is 5.82 Å². The van der Waals surface area contributed by atoms with Gasteiger partial charge in [0, 0.05) is 50.1 Å². The number of fused-ring (bicyclic) bond motifs is 1. The van der Waals surface area contributed by atoms with Crippen molar-refractivity contribution in [3.05, 3.63) is 90.3 Å². The highest BCUT2D eigenvalue weighted by Gasteiger charge is 2.23. The van der Waals surface area contributed by atoms with Crippen molar-refractivity contribution in [3.8, 4) is 11.5 Å². The van der Waals surface area contributed by atoms with Crippen molar-refractivity contribution >= 4 is 34.1 Å². The van der Waals surface area contributed by atoms with Crippen LogP contribution in [0.2, 0.25) is 0 Å². The second kappa shape index (κ2) is 11.4. The van der Waals surface area contributed by atoms with Gasteiger partial charge in [-0.15, -0.1) is 0 Å². The minimum atomic E-state index is 0.223. The minimum Gasteiger partial charge on any atom is -0.493 e. The average Bonchev–Trinajstić information content (AvgIpc) is 2.97. The lowest BCUT2D eigenvalue weighted by molar-refractivity contribution is 0.355. The monoisotopic (exact) mass is 513 g/mol. The highest BCUT2D eigenvalue weighted by Crippen LogP contribution is 2.35. The van der Waals surface area contributed by atoms with Gasteiger partial charge in [-0.25, -0.2) is 9.97 Å². The summed E-state index contributed by atoms with van der Waals surface area (Å²) in [6, 6.07) is 25.0. The Morgan fingerprint density at radius 1 is 0.865 bits per heavy atom. The van der Waals surface area contributed by atoms with Crippen LogP contribution in [0, 0.1) is 0 Å². The lowest BCUT2D eigenvalue weighted by Gasteiger charge is -2.37. The summed E-state index contributed by atoms with van der Waals surface area (Å²) in [6.07, 6.45) is 1.61. The van der Waals surface area contributed by atoms with Gasteiger partial charge in [-0.3, -0.25) is 0 Å². The molecule has 8 heteroatoms. The van der Waals surface area contributed by atoms with Gasteiger partial charge in [-0.05, 0) is 29.4 Å². The summed E-state index contributed by atoms with van der Waals surface area (Å²) in [5, 5.41) is 5.28. The van der Waals surface area contributed by atoms with Crippen LogP contribution in [-0.4, -0.2) is 66.9 Å². The van der Waals surface area contributed by atoms with Crippen LogP contribution in [0.15, 0.2) is 79.1 Å². The number of nitrogens with one attached hydrogen (secondary N) is 1. The summed E-state index contributed by atoms with van der Waals surface area (Å²) in [5.41, 5.74) is 3.38. The SMILES string of the molecule is COc1cc2ncnc(N3CCN(C(=S)NCC(c4ccccc4)c4ccccc4)CC3)c2cc1OC. The van der Waals surface area contributed by atoms with Crippen LogP contribution in [-0.2, 0) is 0 Å². The maximum atomic E-state index is 5.83. The largest absolute Gasteiger partial charge is 0.493 e. The zero-order valence-corrected chi connectivity index (χ0v) is 21.9. The molecule has 1 N–H and O–H groups in total. The Labute approximate surface area is 223 Å². The van der Waals surface area contributed by atoms with Gasteiger partial charge < -0.3 is 24.6 Å². The molecule has 190 valence electrons. The Hall–Kier alpha value is -3.91. The third kappa shape index (κ3) is 5.44. The number of aromatic nitrogens is 2. The van der Waals surface area contributed by atoms with E-state index in [-0.39, 0.29) is 5.92 Å². The Bertz CT molecular complexity index is 1310. The smallest absolute Gasteiger partial charge is 0.169 e. The summed E-state index contributed by atoms with van der Waals surface area (Å²) >= 11 is 5.83. The number of anilines is 1. The van der Waals surface area contributed by atoms with Crippen molar-refractivity contribution in [1.82, 2.24) is 20.2 Å². The Kier molecular flexibility index (Phi) is 7.65. The quantitative estimate of drug-likeness (QED) is 0.363. The zero-order chi connectivity index (χ0) is 25.6. The van der Waals surface area contributed by atoms with E-state index < -0.39 is 0 Å². The summed E-state index contributed by atoms with van der Waals surface area (Å²) in [7, 11) is 3.27. The molecule has 3 aromatic carbocycles. The van der Waals surface area contributed by atoms with Crippen molar-refractivity contribution in [2.45, 2.75) is 5.92 Å². The summed E-state index contributed by atoms with van der Waals surface area (Å²) in [4.78, 5) is 13.6. The molecule has 1 aromatic heterocycles. The second-order valence-corrected chi connectivity index (χ2v) is 9.34. The van der Waals surface area contributed by atoms with Crippen molar-refractivity contribution in [2.75, 3.05) is 51.8 Å². The molecule has 1 aliphatic heterocycles. The second-order valence-electron chi connectivity index (χ2n) is 8.96. The number of thiocarbonyl (C=S) groups is 1. The van der Waals surface area contributed by atoms with Crippen LogP contribution in [0.5, 0.6) is 11.5 Å². The fourth-order valence-corrected chi connectivity index (χ4v) is 5.11. The minimum absolute atomic E-state index is 0.223. The molecule has 1 aliphatic rings. The molecule has 2 heterocycles. The molecule has 0 spiro atoms. The van der Waals surface area contributed by atoms with Gasteiger partial charge >= 0.3 is 0 Å². The fraction of sp³-hybridized carbons (Fsp3) is 0.276. The van der Waals surface area contributed by atoms with E-state index in [0.29, 0.717) is 11.5 Å². The van der Waals surface area contributed by atoms with Crippen molar-refractivity contribution in [2.24, 2.45) is 0 Å². The fourth-order valence-electron chi connectivity index (χ4n) is 4.84. The molecule has 0 aliphatic carbocycles. The van der Waals surface area contributed by atoms with Crippen LogP contribution in [0.25, 0.3) is 10.9 Å². The van der Waals surface area contributed by atoms with E-state index in [1.807, 2.05) is 12.1 Å². The van der Waals surface area contributed by atoms with Gasteiger partial charge in [0.25, 0.3) is 0 Å². The topological polar surface area (TPSA) is 62.8 Å². The summed E-state index contributed by atoms with van der Waals surface area (Å²) in [5.74, 6) is 2.45. The van der Waals surface area contributed by atoms with E-state index in [1.54, 1.807) is 20.5 Å². The van der Waals surface area contributed by atoms with Crippen LogP contribution >= 0.6 is 12.2 Å². The normalized spacial score (nSPS) is 13.6. The van der Waals surface area contributed by atoms with E-state index in [1.165, 1.54) is 11.1 Å². The maximum Gasteiger partial charge on any atom is 0.169 e. The number of rotatable bonds is 7. The molecule has 1 fully saturated rings. The molecule has 0 atom stereocenters. The van der Waals surface area contributed by atoms with E-state index in [2.05, 4.69) is 85.7 Å². The lowest BCUT2D eigenvalue weighted by Crippen LogP contribution is -2.52. The molecule has 7 nitrogen and oxygen atoms in total. The first-order chi connectivity index (χ1) is 18.2. The molecule has 0 radical (unpaired) electrons. The van der Waals surface area contributed by atoms with Gasteiger partial charge in [0.15, 0.2) is 16.6 Å². The van der Waals surface area contributed by atoms with Crippen LogP contribution in [0.3, 0.4) is 0 Å². The molecule has 4 aromatic rings. The van der Waals surface area contributed by atoms with Crippen molar-refractivity contribution in [3.63, 3.8) is 0 Å². The Balaban J connectivity index is 1.25. The number of nitrogens with zero attached hydrogens (tertiary/aromatic N) is 4. The van der Waals surface area contributed by atoms with Gasteiger partial charge in [-0.1, -0.05) is 60.7 Å². The van der Waals surface area contributed by atoms with Gasteiger partial charge in [-0.2, -0.15) is 0 Å². The van der Waals surface area contributed by atoms with Crippen LogP contribution < -0.4 is 19.7 Å². The van der Waals surface area contributed by atoms with Crippen molar-refractivity contribution < 1.29 is 9.47 Å². The zero-order valence-electron chi connectivity index (χ0n) is 21.1. The molecular weight excluding hydrogens is 482 g/mol. The first kappa shape index (κ1) is 24.8. The highest BCUT2D eigenvalue weighted by atomic mass is 32.1. The first-order valence-corrected chi connectivity index (χ1v) is 12.8. The lowest BCUT2D eigenvalue weighted by atomic mass is 9.91. The number of piperazine rings is 1. The third-order valence-corrected chi connectivity index (χ3v) is 7.25. The van der Waals surface area contributed by atoms with Crippen LogP contribution in [0.1, 0.15) is 17.0 Å². The molecule has 5 rings (SSSR count). The van der Waals surface area contributed by atoms with E-state index >= 15 is 0 Å². The van der Waals surface area contributed by atoms with E-state index in [9.17, 15) is 0 Å². The van der Waals surface area contributed by atoms with E-state index in [4.69, 9.17) is 21.7 Å². The molecular formula is C29H31N5O2S. The van der Waals surface area contributed by atoms with Gasteiger partial charge in [0.1, 0.15) is 12.1 Å². The van der Waals surface area contributed by atoms with Crippen molar-refractivity contribution in [1.29, 1.82) is 0 Å². The standard InChI is InChI=1S/C29H31N5O2S/c1-35-26-17-23-25(18-27(26)36-2)31-20-32-28(23)33-13-15-34(16-14-33)29(37)30-19-24(21-9-5-3-6-10-21)22-11-7-4-8-12-22/h3-12,17-18,20,24H,13-16,19H2,1-2H3,(H,30,37). The number of hydrogen-bond donors (Lipinski definition) is 1. The predicted molar refractivity (Wildman–Crippen MR) is 152 cm³/mol.